The summed E-state index contributed by atoms with van der Waals surface area (Å²) in [7, 11) is -3.76. The molecular formula is C9H12N2O3S2. The zero-order chi connectivity index (χ0) is 11.8. The SMILES string of the molecule is CSc1cc(OC2CC2)cnc1S(N)(=O)=O. The van der Waals surface area contributed by atoms with Crippen molar-refractivity contribution in [2.45, 2.75) is 28.9 Å². The Kier molecular flexibility index (Phi) is 3.09. The third-order valence-corrected chi connectivity index (χ3v) is 3.85. The summed E-state index contributed by atoms with van der Waals surface area (Å²) in [6.07, 6.45) is 5.53. The molecule has 88 valence electrons. The second kappa shape index (κ2) is 4.23. The number of nitrogens with two attached hydrogens (primary N) is 1. The van der Waals surface area contributed by atoms with Crippen LogP contribution < -0.4 is 9.88 Å². The van der Waals surface area contributed by atoms with E-state index in [0.717, 1.165) is 12.8 Å². The maximum atomic E-state index is 11.2. The Morgan fingerprint density at radius 1 is 1.56 bits per heavy atom. The van der Waals surface area contributed by atoms with Crippen molar-refractivity contribution in [2.24, 2.45) is 5.14 Å². The lowest BCUT2D eigenvalue weighted by molar-refractivity contribution is 0.300. The molecule has 1 aromatic rings. The maximum Gasteiger partial charge on any atom is 0.256 e. The predicted molar refractivity (Wildman–Crippen MR) is 61.0 cm³/mol. The van der Waals surface area contributed by atoms with Gasteiger partial charge in [0, 0.05) is 4.90 Å². The topological polar surface area (TPSA) is 82.3 Å². The molecule has 0 unspecified atom stereocenters. The largest absolute Gasteiger partial charge is 0.489 e. The zero-order valence-corrected chi connectivity index (χ0v) is 10.3. The summed E-state index contributed by atoms with van der Waals surface area (Å²) in [5, 5.41) is 4.96. The molecule has 2 rings (SSSR count). The molecule has 5 nitrogen and oxygen atoms in total. The summed E-state index contributed by atoms with van der Waals surface area (Å²) in [6, 6.07) is 1.66. The fourth-order valence-electron chi connectivity index (χ4n) is 1.22. The van der Waals surface area contributed by atoms with E-state index in [9.17, 15) is 8.42 Å². The first-order chi connectivity index (χ1) is 7.50. The molecule has 0 atom stereocenters. The van der Waals surface area contributed by atoms with Gasteiger partial charge in [-0.25, -0.2) is 18.5 Å². The van der Waals surface area contributed by atoms with E-state index in [-0.39, 0.29) is 11.1 Å². The number of sulfonamides is 1. The highest BCUT2D eigenvalue weighted by atomic mass is 32.2. The fourth-order valence-corrected chi connectivity index (χ4v) is 2.82. The molecule has 7 heteroatoms. The highest BCUT2D eigenvalue weighted by Crippen LogP contribution is 2.30. The van der Waals surface area contributed by atoms with Crippen molar-refractivity contribution < 1.29 is 13.2 Å². The normalized spacial score (nSPS) is 16.1. The number of pyridine rings is 1. The van der Waals surface area contributed by atoms with E-state index in [1.54, 1.807) is 12.3 Å². The molecule has 0 radical (unpaired) electrons. The lowest BCUT2D eigenvalue weighted by Gasteiger charge is -2.08. The molecule has 0 aromatic carbocycles. The number of nitrogens with zero attached hydrogens (tertiary/aromatic N) is 1. The van der Waals surface area contributed by atoms with Crippen molar-refractivity contribution in [2.75, 3.05) is 6.26 Å². The van der Waals surface area contributed by atoms with Crippen LogP contribution in [0.3, 0.4) is 0 Å². The Bertz CT molecular complexity index is 497. The molecule has 1 aliphatic carbocycles. The van der Waals surface area contributed by atoms with Crippen molar-refractivity contribution in [3.05, 3.63) is 12.3 Å². The standard InChI is InChI=1S/C9H12N2O3S2/c1-15-8-4-7(14-6-2-3-6)5-11-9(8)16(10,12)13/h4-6H,2-3H2,1H3,(H2,10,12,13). The predicted octanol–water partition coefficient (Wildman–Crippen LogP) is 0.992. The van der Waals surface area contributed by atoms with Gasteiger partial charge < -0.3 is 4.74 Å². The quantitative estimate of drug-likeness (QED) is 0.816. The summed E-state index contributed by atoms with van der Waals surface area (Å²) >= 11 is 1.28. The Morgan fingerprint density at radius 2 is 2.25 bits per heavy atom. The van der Waals surface area contributed by atoms with Crippen molar-refractivity contribution >= 4 is 21.8 Å². The Labute approximate surface area is 98.4 Å². The van der Waals surface area contributed by atoms with E-state index in [0.29, 0.717) is 10.6 Å². The summed E-state index contributed by atoms with van der Waals surface area (Å²) in [4.78, 5) is 4.36. The van der Waals surface area contributed by atoms with Crippen molar-refractivity contribution in [1.29, 1.82) is 0 Å². The maximum absolute atomic E-state index is 11.2. The molecule has 1 aromatic heterocycles. The van der Waals surface area contributed by atoms with Crippen LogP contribution in [0.25, 0.3) is 0 Å². The molecule has 1 heterocycles. The summed E-state index contributed by atoms with van der Waals surface area (Å²) < 4.78 is 28.0. The van der Waals surface area contributed by atoms with E-state index in [2.05, 4.69) is 4.98 Å². The van der Waals surface area contributed by atoms with E-state index in [1.165, 1.54) is 18.0 Å². The third-order valence-electron chi connectivity index (χ3n) is 2.11. The van der Waals surface area contributed by atoms with E-state index < -0.39 is 10.0 Å². The summed E-state index contributed by atoms with van der Waals surface area (Å²) in [5.41, 5.74) is 0. The van der Waals surface area contributed by atoms with Gasteiger partial charge >= 0.3 is 0 Å². The van der Waals surface area contributed by atoms with Crippen molar-refractivity contribution in [3.63, 3.8) is 0 Å². The number of hydrogen-bond donors (Lipinski definition) is 1. The van der Waals surface area contributed by atoms with Crippen LogP contribution in [0.15, 0.2) is 22.2 Å². The fraction of sp³-hybridized carbons (Fsp3) is 0.444. The molecule has 0 spiro atoms. The Balaban J connectivity index is 2.34. The van der Waals surface area contributed by atoms with Gasteiger partial charge in [0.1, 0.15) is 5.75 Å². The van der Waals surface area contributed by atoms with Gasteiger partial charge in [-0.2, -0.15) is 0 Å². The molecule has 16 heavy (non-hydrogen) atoms. The molecule has 0 amide bonds. The molecule has 1 fully saturated rings. The minimum atomic E-state index is -3.76. The van der Waals surface area contributed by atoms with Crippen molar-refractivity contribution in [1.82, 2.24) is 4.98 Å². The van der Waals surface area contributed by atoms with Crippen LogP contribution >= 0.6 is 11.8 Å². The molecule has 1 saturated carbocycles. The van der Waals surface area contributed by atoms with Crippen molar-refractivity contribution in [3.8, 4) is 5.75 Å². The second-order valence-corrected chi connectivity index (χ2v) is 5.87. The van der Waals surface area contributed by atoms with E-state index in [1.807, 2.05) is 0 Å². The molecule has 0 aliphatic heterocycles. The van der Waals surface area contributed by atoms with Crippen LogP contribution in [0.4, 0.5) is 0 Å². The number of primary sulfonamides is 1. The van der Waals surface area contributed by atoms with Gasteiger partial charge in [-0.05, 0) is 25.2 Å². The number of hydrogen-bond acceptors (Lipinski definition) is 5. The molecule has 0 saturated heterocycles. The van der Waals surface area contributed by atoms with Gasteiger partial charge in [-0.3, -0.25) is 0 Å². The average molecular weight is 260 g/mol. The Hall–Kier alpha value is -0.790. The first-order valence-corrected chi connectivity index (χ1v) is 7.51. The van der Waals surface area contributed by atoms with Crippen LogP contribution in [-0.2, 0) is 10.0 Å². The molecule has 2 N–H and O–H groups in total. The molecule has 0 bridgehead atoms. The molecular weight excluding hydrogens is 248 g/mol. The highest BCUT2D eigenvalue weighted by molar-refractivity contribution is 7.99. The number of ether oxygens (including phenoxy) is 1. The number of aromatic nitrogens is 1. The zero-order valence-electron chi connectivity index (χ0n) is 8.71. The lowest BCUT2D eigenvalue weighted by Crippen LogP contribution is -2.15. The lowest BCUT2D eigenvalue weighted by atomic mass is 10.4. The van der Waals surface area contributed by atoms with Crippen LogP contribution in [0, 0.1) is 0 Å². The molecule has 1 aliphatic rings. The average Bonchev–Trinajstić information content (AvgIpc) is 3.00. The summed E-state index contributed by atoms with van der Waals surface area (Å²) in [5.74, 6) is 0.597. The van der Waals surface area contributed by atoms with Crippen LogP contribution in [0.2, 0.25) is 0 Å². The van der Waals surface area contributed by atoms with E-state index in [4.69, 9.17) is 9.88 Å². The van der Waals surface area contributed by atoms with Crippen LogP contribution in [0.1, 0.15) is 12.8 Å². The monoisotopic (exact) mass is 260 g/mol. The first kappa shape index (κ1) is 11.7. The van der Waals surface area contributed by atoms with Crippen LogP contribution in [0.5, 0.6) is 5.75 Å². The third kappa shape index (κ3) is 2.66. The number of thioether (sulfide) groups is 1. The minimum Gasteiger partial charge on any atom is -0.489 e. The van der Waals surface area contributed by atoms with Gasteiger partial charge in [0.05, 0.1) is 12.3 Å². The van der Waals surface area contributed by atoms with E-state index >= 15 is 0 Å². The first-order valence-electron chi connectivity index (χ1n) is 4.74. The summed E-state index contributed by atoms with van der Waals surface area (Å²) in [6.45, 7) is 0. The minimum absolute atomic E-state index is 0.0943. The van der Waals surface area contributed by atoms with Gasteiger partial charge in [0.2, 0.25) is 0 Å². The van der Waals surface area contributed by atoms with Gasteiger partial charge in [0.25, 0.3) is 10.0 Å². The second-order valence-electron chi connectivity index (χ2n) is 3.54. The number of rotatable bonds is 4. The smallest absolute Gasteiger partial charge is 0.256 e. The Morgan fingerprint density at radius 3 is 2.75 bits per heavy atom. The highest BCUT2D eigenvalue weighted by Gasteiger charge is 2.24. The van der Waals surface area contributed by atoms with Gasteiger partial charge in [-0.1, -0.05) is 0 Å². The van der Waals surface area contributed by atoms with Gasteiger partial charge in [0.15, 0.2) is 5.03 Å². The van der Waals surface area contributed by atoms with Gasteiger partial charge in [-0.15, -0.1) is 11.8 Å². The van der Waals surface area contributed by atoms with Crippen LogP contribution in [-0.4, -0.2) is 25.8 Å².